The van der Waals surface area contributed by atoms with Crippen molar-refractivity contribution in [3.05, 3.63) is 33.7 Å². The van der Waals surface area contributed by atoms with E-state index in [0.717, 1.165) is 44.9 Å². The lowest BCUT2D eigenvalue weighted by Gasteiger charge is -2.50. The Labute approximate surface area is 272 Å². The van der Waals surface area contributed by atoms with Gasteiger partial charge in [0, 0.05) is 36.2 Å². The topological polar surface area (TPSA) is 192 Å². The highest BCUT2D eigenvalue weighted by molar-refractivity contribution is 8.00. The molecule has 2 unspecified atom stereocenters. The number of carbonyl (C=O) groups is 8. The van der Waals surface area contributed by atoms with E-state index >= 15 is 0 Å². The van der Waals surface area contributed by atoms with Gasteiger partial charge in [-0.2, -0.15) is 0 Å². The number of esters is 2. The molecule has 3 aliphatic rings. The molecule has 0 aliphatic carbocycles. The van der Waals surface area contributed by atoms with Crippen molar-refractivity contribution in [2.24, 2.45) is 0 Å². The number of nitrogens with one attached hydrogen (secondary N) is 2. The molecule has 2 saturated heterocycles. The molecule has 0 radical (unpaired) electrons. The Morgan fingerprint density at radius 3 is 2.43 bits per heavy atom. The number of hydrogen-bond donors (Lipinski definition) is 2. The summed E-state index contributed by atoms with van der Waals surface area (Å²) < 4.78 is 11.0. The second kappa shape index (κ2) is 13.9. The maximum absolute atomic E-state index is 14.1. The molecule has 4 heterocycles. The van der Waals surface area contributed by atoms with Gasteiger partial charge in [0.15, 0.2) is 6.04 Å². The van der Waals surface area contributed by atoms with Crippen molar-refractivity contribution in [3.63, 3.8) is 0 Å². The fourth-order valence-electron chi connectivity index (χ4n) is 5.09. The number of piperazine rings is 1. The normalized spacial score (nSPS) is 21.1. The molecule has 18 heteroatoms. The molecule has 248 valence electrons. The lowest BCUT2D eigenvalue weighted by atomic mass is 10.0. The zero-order chi connectivity index (χ0) is 33.9. The van der Waals surface area contributed by atoms with Crippen LogP contribution in [0.3, 0.4) is 0 Å². The lowest BCUT2D eigenvalue weighted by molar-refractivity contribution is -0.177. The van der Waals surface area contributed by atoms with E-state index in [1.807, 2.05) is 0 Å². The van der Waals surface area contributed by atoms with Crippen LogP contribution in [0.4, 0.5) is 0 Å². The Morgan fingerprint density at radius 1 is 1.15 bits per heavy atom. The molecule has 2 fully saturated rings. The van der Waals surface area contributed by atoms with Crippen LogP contribution >= 0.6 is 23.1 Å². The molecule has 1 aromatic rings. The predicted octanol–water partition coefficient (Wildman–Crippen LogP) is -0.516. The first-order valence-electron chi connectivity index (χ1n) is 14.2. The van der Waals surface area contributed by atoms with E-state index in [1.165, 1.54) is 4.90 Å². The summed E-state index contributed by atoms with van der Waals surface area (Å²) in [4.78, 5) is 105. The van der Waals surface area contributed by atoms with Gasteiger partial charge in [-0.25, -0.2) is 14.8 Å². The number of fused-ring (bicyclic) bond motifs is 1. The fraction of sp³-hybridized carbons (Fsp3) is 0.500. The standard InChI is InChI=1S/C28H34N6O10S2/c1-6-31-9-10-32(25(41)24(31)40)33(14-36)20(17-8-7-11-45-17)21(38)30-22(43-15(2)37)16-12-46-26-18(29-13-35)23(39)34(26)19(16)27(42)44-28(3,4)5/h7-8,11,13-14,18,20,22,26H,6,9-10,12H2,1-5H3,(H,29,35)(H,30,38)/t18-,20?,22?,26-/m1/s1. The number of thioether (sulfide) groups is 1. The van der Waals surface area contributed by atoms with Crippen LogP contribution in [0, 0.1) is 0 Å². The minimum absolute atomic E-state index is 0.0161. The highest BCUT2D eigenvalue weighted by Crippen LogP contribution is 2.42. The number of nitrogens with zero attached hydrogens (tertiary/aromatic N) is 4. The van der Waals surface area contributed by atoms with Gasteiger partial charge in [0.2, 0.25) is 19.0 Å². The van der Waals surface area contributed by atoms with Crippen LogP contribution in [0.25, 0.3) is 0 Å². The average molecular weight is 679 g/mol. The van der Waals surface area contributed by atoms with Gasteiger partial charge in [-0.1, -0.05) is 6.07 Å². The summed E-state index contributed by atoms with van der Waals surface area (Å²) in [5.41, 5.74) is -1.25. The first-order chi connectivity index (χ1) is 21.7. The van der Waals surface area contributed by atoms with E-state index in [4.69, 9.17) is 9.47 Å². The molecule has 1 aromatic heterocycles. The summed E-state index contributed by atoms with van der Waals surface area (Å²) in [5.74, 6) is -5.20. The van der Waals surface area contributed by atoms with Crippen LogP contribution in [0.1, 0.15) is 45.5 Å². The van der Waals surface area contributed by atoms with Gasteiger partial charge in [0.05, 0.1) is 6.54 Å². The summed E-state index contributed by atoms with van der Waals surface area (Å²) in [6.07, 6.45) is -1.00. The SMILES string of the molecule is CCN1CCN(N(C=O)C(C(=O)NC(OC(C)=O)C2=C(C(=O)OC(C)(C)C)N3C(=O)[C@@H](NC=O)[C@H]3SC2)c2cccs2)C(=O)C1=O. The van der Waals surface area contributed by atoms with E-state index in [9.17, 15) is 38.4 Å². The third-order valence-corrected chi connectivity index (χ3v) is 9.32. The lowest BCUT2D eigenvalue weighted by Crippen LogP contribution is -2.70. The Kier molecular flexibility index (Phi) is 10.4. The predicted molar refractivity (Wildman–Crippen MR) is 162 cm³/mol. The van der Waals surface area contributed by atoms with Crippen molar-refractivity contribution >= 4 is 71.5 Å². The number of hydrazine groups is 1. The van der Waals surface area contributed by atoms with Crippen LogP contribution in [-0.2, 0) is 47.8 Å². The molecule has 6 amide bonds. The summed E-state index contributed by atoms with van der Waals surface area (Å²) in [6, 6.07) is 0.754. The minimum atomic E-state index is -1.63. The van der Waals surface area contributed by atoms with Gasteiger partial charge in [-0.15, -0.1) is 23.1 Å². The van der Waals surface area contributed by atoms with Crippen LogP contribution < -0.4 is 10.6 Å². The highest BCUT2D eigenvalue weighted by Gasteiger charge is 2.55. The maximum atomic E-state index is 14.1. The van der Waals surface area contributed by atoms with Gasteiger partial charge in [-0.3, -0.25) is 38.5 Å². The summed E-state index contributed by atoms with van der Waals surface area (Å²) in [7, 11) is 0. The summed E-state index contributed by atoms with van der Waals surface area (Å²) in [5, 5.41) is 7.65. The van der Waals surface area contributed by atoms with Crippen LogP contribution in [0.2, 0.25) is 0 Å². The number of β-lactam (4-membered cyclic amide) rings is 1. The van der Waals surface area contributed by atoms with Gasteiger partial charge in [-0.05, 0) is 39.1 Å². The minimum Gasteiger partial charge on any atom is -0.455 e. The van der Waals surface area contributed by atoms with Crippen molar-refractivity contribution in [2.45, 2.75) is 63.9 Å². The molecule has 46 heavy (non-hydrogen) atoms. The molecule has 16 nitrogen and oxygen atoms in total. The zero-order valence-corrected chi connectivity index (χ0v) is 27.3. The van der Waals surface area contributed by atoms with Crippen LogP contribution in [-0.4, -0.2) is 117 Å². The van der Waals surface area contributed by atoms with E-state index < -0.39 is 64.9 Å². The van der Waals surface area contributed by atoms with Gasteiger partial charge in [0.1, 0.15) is 22.7 Å². The number of hydrogen-bond acceptors (Lipinski definition) is 12. The Morgan fingerprint density at radius 2 is 1.87 bits per heavy atom. The Hall–Kier alpha value is -4.45. The maximum Gasteiger partial charge on any atom is 0.355 e. The number of thiophene rings is 1. The zero-order valence-electron chi connectivity index (χ0n) is 25.7. The number of ether oxygens (including phenoxy) is 2. The smallest absolute Gasteiger partial charge is 0.355 e. The second-order valence-electron chi connectivity index (χ2n) is 11.3. The van der Waals surface area contributed by atoms with Crippen molar-refractivity contribution in [1.29, 1.82) is 0 Å². The van der Waals surface area contributed by atoms with Crippen molar-refractivity contribution < 1.29 is 47.8 Å². The molecule has 4 rings (SSSR count). The highest BCUT2D eigenvalue weighted by atomic mass is 32.2. The third kappa shape index (κ3) is 6.86. The molecular weight excluding hydrogens is 644 g/mol. The number of amides is 6. The summed E-state index contributed by atoms with van der Waals surface area (Å²) >= 11 is 2.25. The number of likely N-dealkylation sites (N-methyl/N-ethyl adjacent to an activating group) is 1. The molecule has 3 aliphatic heterocycles. The van der Waals surface area contributed by atoms with Crippen molar-refractivity contribution in [3.8, 4) is 0 Å². The van der Waals surface area contributed by atoms with Crippen LogP contribution in [0.5, 0.6) is 0 Å². The fourth-order valence-corrected chi connectivity index (χ4v) is 7.28. The van der Waals surface area contributed by atoms with Crippen molar-refractivity contribution in [2.75, 3.05) is 25.4 Å². The molecule has 0 saturated carbocycles. The largest absolute Gasteiger partial charge is 0.455 e. The van der Waals surface area contributed by atoms with Gasteiger partial charge >= 0.3 is 23.8 Å². The quantitative estimate of drug-likeness (QED) is 0.0951. The molecular formula is C28H34N6O10S2. The number of carbonyl (C=O) groups excluding carboxylic acids is 8. The summed E-state index contributed by atoms with van der Waals surface area (Å²) in [6.45, 7) is 7.96. The third-order valence-electron chi connectivity index (χ3n) is 7.09. The first kappa shape index (κ1) is 34.4. The van der Waals surface area contributed by atoms with Gasteiger partial charge in [0.25, 0.3) is 11.8 Å². The first-order valence-corrected chi connectivity index (χ1v) is 16.1. The van der Waals surface area contributed by atoms with E-state index in [2.05, 4.69) is 10.6 Å². The van der Waals surface area contributed by atoms with E-state index in [1.54, 1.807) is 45.2 Å². The van der Waals surface area contributed by atoms with Crippen molar-refractivity contribution in [1.82, 2.24) is 30.5 Å². The Balaban J connectivity index is 1.75. The average Bonchev–Trinajstić information content (AvgIpc) is 3.52. The molecule has 0 bridgehead atoms. The van der Waals surface area contributed by atoms with E-state index in [-0.39, 0.29) is 43.1 Å². The van der Waals surface area contributed by atoms with Crippen LogP contribution in [0.15, 0.2) is 28.8 Å². The Bertz CT molecular complexity index is 1460. The number of rotatable bonds is 12. The molecule has 2 N–H and O–H groups in total. The molecule has 0 aromatic carbocycles. The molecule has 4 atom stereocenters. The monoisotopic (exact) mass is 678 g/mol. The van der Waals surface area contributed by atoms with Gasteiger partial charge < -0.3 is 25.0 Å². The second-order valence-corrected chi connectivity index (χ2v) is 13.3. The molecule has 0 spiro atoms. The van der Waals surface area contributed by atoms with E-state index in [0.29, 0.717) is 11.3 Å².